The van der Waals surface area contributed by atoms with Crippen LogP contribution >= 0.6 is 0 Å². The van der Waals surface area contributed by atoms with Gasteiger partial charge in [0.1, 0.15) is 6.61 Å². The molecule has 1 fully saturated rings. The van der Waals surface area contributed by atoms with Gasteiger partial charge in [-0.3, -0.25) is 4.90 Å². The summed E-state index contributed by atoms with van der Waals surface area (Å²) in [4.78, 5) is 5.81. The van der Waals surface area contributed by atoms with Gasteiger partial charge >= 0.3 is 12.4 Å². The smallest absolute Gasteiger partial charge is 0.367 e. The molecule has 0 amide bonds. The number of halogens is 6. The van der Waals surface area contributed by atoms with E-state index >= 15 is 0 Å². The number of nitrogens with one attached hydrogen (secondary N) is 2. The van der Waals surface area contributed by atoms with Crippen LogP contribution in [0.4, 0.5) is 26.3 Å². The fourth-order valence-corrected chi connectivity index (χ4v) is 3.06. The molecule has 0 aliphatic carbocycles. The molecule has 2 N–H and O–H groups in total. The molecule has 1 aliphatic heterocycles. The van der Waals surface area contributed by atoms with Crippen LogP contribution in [-0.2, 0) is 17.9 Å². The summed E-state index contributed by atoms with van der Waals surface area (Å²) in [6.07, 6.45) is -7.97. The Morgan fingerprint density at radius 1 is 1.10 bits per heavy atom. The van der Waals surface area contributed by atoms with E-state index in [9.17, 15) is 26.3 Å². The van der Waals surface area contributed by atoms with E-state index in [1.165, 1.54) is 4.90 Å². The van der Waals surface area contributed by atoms with E-state index in [0.29, 0.717) is 37.6 Å². The molecule has 0 spiro atoms. The molecule has 0 saturated carbocycles. The van der Waals surface area contributed by atoms with Crippen LogP contribution in [0.3, 0.4) is 0 Å². The maximum absolute atomic E-state index is 12.5. The fraction of sp³-hybridized carbons (Fsp3) is 0.632. The highest BCUT2D eigenvalue weighted by Crippen LogP contribution is 2.20. The molecule has 30 heavy (non-hydrogen) atoms. The van der Waals surface area contributed by atoms with Crippen LogP contribution in [0.15, 0.2) is 29.3 Å². The summed E-state index contributed by atoms with van der Waals surface area (Å²) in [6.45, 7) is 1.11. The third kappa shape index (κ3) is 9.66. The quantitative estimate of drug-likeness (QED) is 0.369. The molecule has 170 valence electrons. The molecule has 0 aromatic heterocycles. The lowest BCUT2D eigenvalue weighted by molar-refractivity contribution is -0.176. The van der Waals surface area contributed by atoms with Crippen LogP contribution < -0.4 is 10.6 Å². The second-order valence-corrected chi connectivity index (χ2v) is 7.10. The maximum Gasteiger partial charge on any atom is 0.411 e. The molecule has 1 saturated heterocycles. The predicted octanol–water partition coefficient (Wildman–Crippen LogP) is 3.46. The number of aliphatic imine (C=N–C) groups is 1. The van der Waals surface area contributed by atoms with Gasteiger partial charge in [0.05, 0.1) is 19.7 Å². The maximum atomic E-state index is 12.5. The van der Waals surface area contributed by atoms with Crippen molar-refractivity contribution in [2.24, 2.45) is 4.99 Å². The fourth-order valence-electron chi connectivity index (χ4n) is 3.06. The third-order valence-electron chi connectivity index (χ3n) is 4.34. The number of rotatable bonds is 8. The monoisotopic (exact) mass is 440 g/mol. The molecule has 1 heterocycles. The van der Waals surface area contributed by atoms with Crippen molar-refractivity contribution in [3.05, 3.63) is 35.4 Å². The highest BCUT2D eigenvalue weighted by Gasteiger charge is 2.34. The Labute approximate surface area is 171 Å². The largest absolute Gasteiger partial charge is 0.411 e. The Morgan fingerprint density at radius 3 is 2.37 bits per heavy atom. The molecule has 0 bridgehead atoms. The minimum absolute atomic E-state index is 0.127. The SMILES string of the molecule is CCNC(=NCc1ccc(COCC(F)(F)F)cc1)NC1CCN(CC(F)(F)F)C1. The topological polar surface area (TPSA) is 48.9 Å². The number of guanidine groups is 1. The lowest BCUT2D eigenvalue weighted by Crippen LogP contribution is -2.45. The highest BCUT2D eigenvalue weighted by molar-refractivity contribution is 5.80. The Bertz CT molecular complexity index is 675. The number of nitrogens with zero attached hydrogens (tertiary/aromatic N) is 2. The zero-order valence-corrected chi connectivity index (χ0v) is 16.6. The molecule has 5 nitrogen and oxygen atoms in total. The van der Waals surface area contributed by atoms with Crippen LogP contribution in [-0.4, -0.2) is 62.0 Å². The van der Waals surface area contributed by atoms with E-state index in [2.05, 4.69) is 20.4 Å². The van der Waals surface area contributed by atoms with Gasteiger partial charge in [0, 0.05) is 25.7 Å². The van der Waals surface area contributed by atoms with Gasteiger partial charge < -0.3 is 15.4 Å². The standard InChI is InChI=1S/C19H26F6N4O/c1-2-26-17(28-16-7-8-29(10-16)12-18(20,21)22)27-9-14-3-5-15(6-4-14)11-30-13-19(23,24)25/h3-6,16H,2,7-13H2,1H3,(H2,26,27,28). The summed E-state index contributed by atoms with van der Waals surface area (Å²) in [5, 5.41) is 6.23. The van der Waals surface area contributed by atoms with E-state index < -0.39 is 25.5 Å². The summed E-state index contributed by atoms with van der Waals surface area (Å²) in [7, 11) is 0. The zero-order valence-electron chi connectivity index (χ0n) is 16.6. The van der Waals surface area contributed by atoms with E-state index in [4.69, 9.17) is 0 Å². The molecular formula is C19H26F6N4O. The van der Waals surface area contributed by atoms with Crippen LogP contribution in [0.2, 0.25) is 0 Å². The molecule has 2 rings (SSSR count). The lowest BCUT2D eigenvalue weighted by atomic mass is 10.1. The molecule has 1 aliphatic rings. The first-order chi connectivity index (χ1) is 14.0. The normalized spacial score (nSPS) is 18.6. The first-order valence-electron chi connectivity index (χ1n) is 9.60. The number of benzene rings is 1. The molecule has 1 unspecified atom stereocenters. The molecule has 11 heteroatoms. The Kier molecular flexibility index (Phi) is 8.78. The van der Waals surface area contributed by atoms with Gasteiger partial charge in [-0.2, -0.15) is 26.3 Å². The Hall–Kier alpha value is -2.01. The molecule has 1 aromatic rings. The van der Waals surface area contributed by atoms with Crippen molar-refractivity contribution in [2.45, 2.75) is 44.9 Å². The van der Waals surface area contributed by atoms with Crippen LogP contribution in [0.1, 0.15) is 24.5 Å². The number of ether oxygens (including phenoxy) is 1. The first kappa shape index (κ1) is 24.3. The van der Waals surface area contributed by atoms with Crippen molar-refractivity contribution in [3.8, 4) is 0 Å². The summed E-state index contributed by atoms with van der Waals surface area (Å²) < 4.78 is 78.5. The number of likely N-dealkylation sites (tertiary alicyclic amines) is 1. The number of hydrogen-bond acceptors (Lipinski definition) is 3. The average Bonchev–Trinajstić information content (AvgIpc) is 3.05. The summed E-state index contributed by atoms with van der Waals surface area (Å²) in [5.74, 6) is 0.508. The van der Waals surface area contributed by atoms with Crippen molar-refractivity contribution in [1.29, 1.82) is 0 Å². The minimum atomic E-state index is -4.35. The van der Waals surface area contributed by atoms with Gasteiger partial charge in [-0.1, -0.05) is 24.3 Å². The van der Waals surface area contributed by atoms with Gasteiger partial charge in [0.15, 0.2) is 5.96 Å². The van der Waals surface area contributed by atoms with Crippen molar-refractivity contribution in [3.63, 3.8) is 0 Å². The Balaban J connectivity index is 1.84. The number of alkyl halides is 6. The Morgan fingerprint density at radius 2 is 1.77 bits per heavy atom. The second kappa shape index (κ2) is 10.9. The van der Waals surface area contributed by atoms with Gasteiger partial charge in [0.2, 0.25) is 0 Å². The van der Waals surface area contributed by atoms with Gasteiger partial charge in [-0.25, -0.2) is 4.99 Å². The molecule has 1 atom stereocenters. The van der Waals surface area contributed by atoms with Crippen molar-refractivity contribution in [1.82, 2.24) is 15.5 Å². The van der Waals surface area contributed by atoms with E-state index in [1.807, 2.05) is 6.92 Å². The lowest BCUT2D eigenvalue weighted by Gasteiger charge is -2.19. The molecule has 1 aromatic carbocycles. The first-order valence-corrected chi connectivity index (χ1v) is 9.60. The zero-order chi connectivity index (χ0) is 22.2. The predicted molar refractivity (Wildman–Crippen MR) is 101 cm³/mol. The average molecular weight is 440 g/mol. The van der Waals surface area contributed by atoms with Crippen LogP contribution in [0, 0.1) is 0 Å². The molecule has 0 radical (unpaired) electrons. The van der Waals surface area contributed by atoms with E-state index in [0.717, 1.165) is 5.56 Å². The number of hydrogen-bond donors (Lipinski definition) is 2. The van der Waals surface area contributed by atoms with Crippen molar-refractivity contribution < 1.29 is 31.1 Å². The van der Waals surface area contributed by atoms with Crippen molar-refractivity contribution >= 4 is 5.96 Å². The van der Waals surface area contributed by atoms with Crippen LogP contribution in [0.25, 0.3) is 0 Å². The summed E-state index contributed by atoms with van der Waals surface area (Å²) in [6, 6.07) is 6.72. The van der Waals surface area contributed by atoms with Gasteiger partial charge in [-0.15, -0.1) is 0 Å². The van der Waals surface area contributed by atoms with E-state index in [1.54, 1.807) is 24.3 Å². The summed E-state index contributed by atoms with van der Waals surface area (Å²) >= 11 is 0. The van der Waals surface area contributed by atoms with Crippen molar-refractivity contribution in [2.75, 3.05) is 32.8 Å². The van der Waals surface area contributed by atoms with Crippen LogP contribution in [0.5, 0.6) is 0 Å². The second-order valence-electron chi connectivity index (χ2n) is 7.10. The van der Waals surface area contributed by atoms with Gasteiger partial charge in [-0.05, 0) is 24.5 Å². The molecular weight excluding hydrogens is 414 g/mol. The minimum Gasteiger partial charge on any atom is -0.367 e. The van der Waals surface area contributed by atoms with Gasteiger partial charge in [0.25, 0.3) is 0 Å². The summed E-state index contributed by atoms with van der Waals surface area (Å²) in [5.41, 5.74) is 1.46. The third-order valence-corrected chi connectivity index (χ3v) is 4.34. The van der Waals surface area contributed by atoms with E-state index in [-0.39, 0.29) is 19.2 Å². The highest BCUT2D eigenvalue weighted by atomic mass is 19.4.